The summed E-state index contributed by atoms with van der Waals surface area (Å²) in [6.45, 7) is 0.872. The molecule has 2 fully saturated rings. The number of H-pyrrole nitrogens is 1. The highest BCUT2D eigenvalue weighted by Crippen LogP contribution is 2.72. The summed E-state index contributed by atoms with van der Waals surface area (Å²) in [5.41, 5.74) is 1.86. The van der Waals surface area contributed by atoms with E-state index in [1.54, 1.807) is 32.3 Å². The minimum Gasteiger partial charge on any atom is -0.508 e. The second-order valence-corrected chi connectivity index (χ2v) is 9.96. The molecule has 4 aliphatic rings. The van der Waals surface area contributed by atoms with Crippen molar-refractivity contribution in [3.8, 4) is 5.75 Å². The van der Waals surface area contributed by atoms with Gasteiger partial charge < -0.3 is 20.1 Å². The molecule has 1 saturated heterocycles. The second-order valence-electron chi connectivity index (χ2n) is 9.96. The standard InChI is InChI=1S/C23H25N3O4/c1-25(2)19(29)14-6-12-8-23(30)20-21(11-26(20)3)10-22(23,9-17(12)24-18(14)28)16-7-13(27)4-5-15(16)21/h4-7,20,27,30H,8-11H2,1-3H3,(H,24,28)/t20-,21?,22?,23-/m1/s1. The number of hydrogen-bond donors (Lipinski definition) is 3. The maximum absolute atomic E-state index is 12.7. The highest BCUT2D eigenvalue weighted by molar-refractivity contribution is 5.93. The van der Waals surface area contributed by atoms with E-state index >= 15 is 0 Å². The first kappa shape index (κ1) is 18.2. The Balaban J connectivity index is 1.57. The van der Waals surface area contributed by atoms with Gasteiger partial charge in [-0.05, 0) is 48.4 Å². The lowest BCUT2D eigenvalue weighted by Crippen LogP contribution is -2.74. The third kappa shape index (κ3) is 1.76. The molecule has 0 radical (unpaired) electrons. The van der Waals surface area contributed by atoms with Crippen LogP contribution in [0.5, 0.6) is 5.75 Å². The number of benzene rings is 1. The number of carbonyl (C=O) groups excluding carboxylic acids is 1. The summed E-state index contributed by atoms with van der Waals surface area (Å²) in [5, 5.41) is 22.4. The van der Waals surface area contributed by atoms with E-state index in [1.807, 2.05) is 13.1 Å². The number of phenolic OH excluding ortho intramolecular Hbond substituents is 1. The number of aromatic hydroxyl groups is 1. The van der Waals surface area contributed by atoms with Gasteiger partial charge in [-0.3, -0.25) is 14.5 Å². The summed E-state index contributed by atoms with van der Waals surface area (Å²) >= 11 is 0. The molecule has 1 aromatic heterocycles. The Morgan fingerprint density at radius 1 is 1.23 bits per heavy atom. The van der Waals surface area contributed by atoms with Crippen LogP contribution in [-0.2, 0) is 23.7 Å². The second kappa shape index (κ2) is 5.15. The molecule has 30 heavy (non-hydrogen) atoms. The predicted molar refractivity (Wildman–Crippen MR) is 110 cm³/mol. The molecule has 2 bridgehead atoms. The molecule has 2 aromatic rings. The van der Waals surface area contributed by atoms with Crippen molar-refractivity contribution in [1.82, 2.24) is 14.8 Å². The van der Waals surface area contributed by atoms with E-state index in [9.17, 15) is 19.8 Å². The Bertz CT molecular complexity index is 1200. The monoisotopic (exact) mass is 407 g/mol. The maximum Gasteiger partial charge on any atom is 0.261 e. The molecule has 7 nitrogen and oxygen atoms in total. The van der Waals surface area contributed by atoms with Gasteiger partial charge in [0, 0.05) is 50.0 Å². The topological polar surface area (TPSA) is 96.9 Å². The lowest BCUT2D eigenvalue weighted by Gasteiger charge is -2.61. The van der Waals surface area contributed by atoms with E-state index in [2.05, 4.69) is 9.88 Å². The van der Waals surface area contributed by atoms with Crippen LogP contribution in [0, 0.1) is 0 Å². The first-order chi connectivity index (χ1) is 14.1. The molecule has 2 unspecified atom stereocenters. The van der Waals surface area contributed by atoms with E-state index in [4.69, 9.17) is 0 Å². The first-order valence-electron chi connectivity index (χ1n) is 10.4. The van der Waals surface area contributed by atoms with Gasteiger partial charge in [-0.1, -0.05) is 6.07 Å². The molecule has 2 spiro atoms. The molecule has 4 atom stereocenters. The van der Waals surface area contributed by atoms with Crippen molar-refractivity contribution in [2.24, 2.45) is 0 Å². The summed E-state index contributed by atoms with van der Waals surface area (Å²) < 4.78 is 0. The number of amides is 1. The highest BCUT2D eigenvalue weighted by Gasteiger charge is 2.80. The quantitative estimate of drug-likeness (QED) is 0.641. The number of pyridine rings is 1. The number of nitrogens with one attached hydrogen (secondary N) is 1. The minimum absolute atomic E-state index is 0.0184. The molecule has 2 heterocycles. The van der Waals surface area contributed by atoms with Crippen molar-refractivity contribution in [2.75, 3.05) is 27.7 Å². The molecule has 3 aliphatic carbocycles. The molecule has 1 aromatic carbocycles. The van der Waals surface area contributed by atoms with Gasteiger partial charge in [0.05, 0.1) is 11.6 Å². The van der Waals surface area contributed by atoms with Crippen LogP contribution in [0.3, 0.4) is 0 Å². The van der Waals surface area contributed by atoms with Crippen LogP contribution in [0.25, 0.3) is 0 Å². The Kier molecular flexibility index (Phi) is 3.12. The van der Waals surface area contributed by atoms with Crippen LogP contribution < -0.4 is 5.56 Å². The lowest BCUT2D eigenvalue weighted by atomic mass is 9.55. The van der Waals surface area contributed by atoms with Gasteiger partial charge in [0.2, 0.25) is 0 Å². The van der Waals surface area contributed by atoms with Crippen LogP contribution in [0.1, 0.15) is 39.2 Å². The van der Waals surface area contributed by atoms with E-state index in [1.165, 1.54) is 10.5 Å². The summed E-state index contributed by atoms with van der Waals surface area (Å²) in [6.07, 6.45) is 1.68. The zero-order valence-electron chi connectivity index (χ0n) is 17.3. The normalized spacial score (nSPS) is 35.1. The molecule has 1 amide bonds. The molecule has 3 N–H and O–H groups in total. The fraction of sp³-hybridized carbons (Fsp3) is 0.478. The van der Waals surface area contributed by atoms with Crippen LogP contribution in [0.15, 0.2) is 29.1 Å². The van der Waals surface area contributed by atoms with Crippen LogP contribution in [-0.4, -0.2) is 70.2 Å². The predicted octanol–water partition coefficient (Wildman–Crippen LogP) is 0.519. The van der Waals surface area contributed by atoms with Gasteiger partial charge in [0.25, 0.3) is 11.5 Å². The number of nitrogens with zero attached hydrogens (tertiary/aromatic N) is 2. The van der Waals surface area contributed by atoms with E-state index in [0.717, 1.165) is 29.8 Å². The number of aliphatic hydroxyl groups is 1. The number of phenols is 1. The zero-order valence-corrected chi connectivity index (χ0v) is 17.3. The SMILES string of the molecule is CN(C)C(=O)c1cc2c([nH]c1=O)CC13CC4(CN(C)[C@H]4[C@]1(O)C2)c1ccc(O)cc13. The van der Waals surface area contributed by atoms with E-state index in [-0.39, 0.29) is 28.7 Å². The van der Waals surface area contributed by atoms with Crippen molar-refractivity contribution in [3.05, 3.63) is 62.6 Å². The van der Waals surface area contributed by atoms with Crippen LogP contribution in [0.4, 0.5) is 0 Å². The van der Waals surface area contributed by atoms with Gasteiger partial charge in [-0.15, -0.1) is 0 Å². The number of likely N-dealkylation sites (N-methyl/N-ethyl adjacent to an activating group) is 1. The number of likely N-dealkylation sites (tertiary alicyclic amines) is 1. The Labute approximate surface area is 173 Å². The average Bonchev–Trinajstić information content (AvgIpc) is 3.03. The summed E-state index contributed by atoms with van der Waals surface area (Å²) in [4.78, 5) is 31.7. The Morgan fingerprint density at radius 2 is 2.00 bits per heavy atom. The molecule has 1 saturated carbocycles. The third-order valence-electron chi connectivity index (χ3n) is 8.24. The molecular weight excluding hydrogens is 382 g/mol. The number of aromatic amines is 1. The van der Waals surface area contributed by atoms with E-state index < -0.39 is 16.6 Å². The maximum atomic E-state index is 12.7. The molecular formula is C23H25N3O4. The third-order valence-corrected chi connectivity index (χ3v) is 8.24. The summed E-state index contributed by atoms with van der Waals surface area (Å²) in [6, 6.07) is 7.20. The number of fused-ring (bicyclic) bond motifs is 3. The van der Waals surface area contributed by atoms with Gasteiger partial charge in [-0.25, -0.2) is 0 Å². The van der Waals surface area contributed by atoms with Gasteiger partial charge in [0.1, 0.15) is 11.3 Å². The molecule has 6 rings (SSSR count). The van der Waals surface area contributed by atoms with Gasteiger partial charge >= 0.3 is 0 Å². The molecule has 7 heteroatoms. The van der Waals surface area contributed by atoms with Crippen molar-refractivity contribution in [2.45, 2.75) is 41.7 Å². The summed E-state index contributed by atoms with van der Waals surface area (Å²) in [7, 11) is 5.29. The van der Waals surface area contributed by atoms with Crippen molar-refractivity contribution in [3.63, 3.8) is 0 Å². The smallest absolute Gasteiger partial charge is 0.261 e. The first-order valence-corrected chi connectivity index (χ1v) is 10.4. The lowest BCUT2D eigenvalue weighted by molar-refractivity contribution is -0.126. The highest BCUT2D eigenvalue weighted by atomic mass is 16.3. The van der Waals surface area contributed by atoms with Crippen LogP contribution in [0.2, 0.25) is 0 Å². The summed E-state index contributed by atoms with van der Waals surface area (Å²) in [5.74, 6) is -0.142. The molecule has 1 aliphatic heterocycles. The van der Waals surface area contributed by atoms with E-state index in [0.29, 0.717) is 12.8 Å². The van der Waals surface area contributed by atoms with Crippen molar-refractivity contribution in [1.29, 1.82) is 0 Å². The van der Waals surface area contributed by atoms with Gasteiger partial charge in [-0.2, -0.15) is 0 Å². The van der Waals surface area contributed by atoms with Crippen LogP contribution >= 0.6 is 0 Å². The Hall–Kier alpha value is -2.64. The van der Waals surface area contributed by atoms with Crippen molar-refractivity contribution < 1.29 is 15.0 Å². The number of aromatic nitrogens is 1. The average molecular weight is 407 g/mol. The fourth-order valence-electron chi connectivity index (χ4n) is 7.37. The molecule has 156 valence electrons. The van der Waals surface area contributed by atoms with Crippen molar-refractivity contribution >= 4 is 5.91 Å². The van der Waals surface area contributed by atoms with Gasteiger partial charge in [0.15, 0.2) is 0 Å². The number of hydrogen-bond acceptors (Lipinski definition) is 5. The fourth-order valence-corrected chi connectivity index (χ4v) is 7.37. The number of rotatable bonds is 1. The minimum atomic E-state index is -1.02. The zero-order chi connectivity index (χ0) is 21.2. The Morgan fingerprint density at radius 3 is 2.70 bits per heavy atom. The number of carbonyl (C=O) groups is 1. The largest absolute Gasteiger partial charge is 0.508 e.